The number of nitrogens with zero attached hydrogens (tertiary/aromatic N) is 2. The molecule has 4 heteroatoms. The number of aryl methyl sites for hydroxylation is 1. The first-order chi connectivity index (χ1) is 4.70. The molecule has 51 valence electrons. The fraction of sp³-hybridized carbons (Fsp3) is 0.167. The fourth-order valence-electron chi connectivity index (χ4n) is 0.591. The average Bonchev–Trinajstić information content (AvgIpc) is 1.88. The lowest BCUT2D eigenvalue weighted by Gasteiger charge is -1.89. The van der Waals surface area contributed by atoms with Crippen molar-refractivity contribution in [3.05, 3.63) is 34.1 Å². The zero-order valence-corrected chi connectivity index (χ0v) is 5.37. The van der Waals surface area contributed by atoms with Crippen molar-refractivity contribution in [2.45, 2.75) is 6.92 Å². The highest BCUT2D eigenvalue weighted by atomic mass is 16.6. The third kappa shape index (κ3) is 1.28. The lowest BCUT2D eigenvalue weighted by molar-refractivity contribution is -0.385. The number of aromatic nitrogens is 1. The van der Waals surface area contributed by atoms with Crippen molar-refractivity contribution in [3.63, 3.8) is 0 Å². The summed E-state index contributed by atoms with van der Waals surface area (Å²) in [5.41, 5.74) is 0.686. The predicted molar refractivity (Wildman–Crippen MR) is 34.5 cm³/mol. The monoisotopic (exact) mass is 137 g/mol. The van der Waals surface area contributed by atoms with Gasteiger partial charge in [0.25, 0.3) is 5.69 Å². The van der Waals surface area contributed by atoms with Gasteiger partial charge in [0.2, 0.25) is 0 Å². The molecule has 1 aromatic heterocycles. The molecular formula is C6H5N2O2. The highest BCUT2D eigenvalue weighted by molar-refractivity contribution is 5.28. The molecule has 10 heavy (non-hydrogen) atoms. The minimum absolute atomic E-state index is 0.0104. The van der Waals surface area contributed by atoms with Gasteiger partial charge in [-0.05, 0) is 12.5 Å². The minimum Gasteiger partial charge on any atom is -0.258 e. The second-order valence-electron chi connectivity index (χ2n) is 1.88. The summed E-state index contributed by atoms with van der Waals surface area (Å²) in [5.74, 6) is 0. The van der Waals surface area contributed by atoms with Crippen LogP contribution in [0.3, 0.4) is 0 Å². The first-order valence-corrected chi connectivity index (χ1v) is 2.69. The molecule has 1 rings (SSSR count). The Labute approximate surface area is 57.7 Å². The largest absolute Gasteiger partial charge is 0.287 e. The zero-order valence-electron chi connectivity index (χ0n) is 5.37. The molecule has 1 heterocycles. The van der Waals surface area contributed by atoms with Gasteiger partial charge < -0.3 is 0 Å². The predicted octanol–water partition coefficient (Wildman–Crippen LogP) is 1.10. The molecule has 0 spiro atoms. The Hall–Kier alpha value is -1.45. The third-order valence-corrected chi connectivity index (χ3v) is 1.01. The van der Waals surface area contributed by atoms with Crippen LogP contribution in [0.2, 0.25) is 0 Å². The van der Waals surface area contributed by atoms with Crippen molar-refractivity contribution in [1.82, 2.24) is 4.98 Å². The van der Waals surface area contributed by atoms with E-state index in [-0.39, 0.29) is 5.69 Å². The van der Waals surface area contributed by atoms with E-state index < -0.39 is 4.92 Å². The van der Waals surface area contributed by atoms with Crippen molar-refractivity contribution in [2.24, 2.45) is 0 Å². The Balaban J connectivity index is 3.07. The molecular weight excluding hydrogens is 132 g/mol. The molecule has 0 aliphatic heterocycles. The molecule has 0 aromatic carbocycles. The van der Waals surface area contributed by atoms with Gasteiger partial charge in [0.1, 0.15) is 6.20 Å². The molecule has 0 saturated carbocycles. The first kappa shape index (κ1) is 6.67. The molecule has 1 radical (unpaired) electrons. The van der Waals surface area contributed by atoms with Crippen LogP contribution >= 0.6 is 0 Å². The summed E-state index contributed by atoms with van der Waals surface area (Å²) >= 11 is 0. The van der Waals surface area contributed by atoms with E-state index in [0.717, 1.165) is 0 Å². The molecule has 0 unspecified atom stereocenters. The van der Waals surface area contributed by atoms with E-state index in [2.05, 4.69) is 11.2 Å². The molecule has 0 atom stereocenters. The Morgan fingerprint density at radius 3 is 2.90 bits per heavy atom. The van der Waals surface area contributed by atoms with Gasteiger partial charge in [-0.2, -0.15) is 0 Å². The van der Waals surface area contributed by atoms with Crippen molar-refractivity contribution in [3.8, 4) is 0 Å². The topological polar surface area (TPSA) is 56.0 Å². The lowest BCUT2D eigenvalue weighted by atomic mass is 10.3. The van der Waals surface area contributed by atoms with Gasteiger partial charge in [-0.25, -0.2) is 4.98 Å². The molecule has 0 aliphatic rings. The van der Waals surface area contributed by atoms with Crippen LogP contribution in [0.4, 0.5) is 5.69 Å². The van der Waals surface area contributed by atoms with Crippen LogP contribution in [0, 0.1) is 23.2 Å². The van der Waals surface area contributed by atoms with Gasteiger partial charge in [-0.1, -0.05) is 0 Å². The molecule has 0 aliphatic carbocycles. The minimum atomic E-state index is -0.478. The first-order valence-electron chi connectivity index (χ1n) is 2.69. The summed E-state index contributed by atoms with van der Waals surface area (Å²) < 4.78 is 0. The van der Waals surface area contributed by atoms with E-state index in [1.54, 1.807) is 6.92 Å². The summed E-state index contributed by atoms with van der Waals surface area (Å²) in [7, 11) is 0. The van der Waals surface area contributed by atoms with Crippen molar-refractivity contribution < 1.29 is 4.92 Å². The van der Waals surface area contributed by atoms with Crippen molar-refractivity contribution in [1.29, 1.82) is 0 Å². The van der Waals surface area contributed by atoms with Crippen LogP contribution in [-0.4, -0.2) is 9.91 Å². The van der Waals surface area contributed by atoms with Crippen LogP contribution in [-0.2, 0) is 0 Å². The smallest absolute Gasteiger partial charge is 0.258 e. The molecule has 0 fully saturated rings. The van der Waals surface area contributed by atoms with Crippen LogP contribution in [0.1, 0.15) is 5.56 Å². The van der Waals surface area contributed by atoms with E-state index in [4.69, 9.17) is 0 Å². The van der Waals surface area contributed by atoms with Crippen LogP contribution < -0.4 is 0 Å². The van der Waals surface area contributed by atoms with Gasteiger partial charge in [0.05, 0.1) is 11.1 Å². The maximum absolute atomic E-state index is 10.1. The molecule has 4 nitrogen and oxygen atoms in total. The highest BCUT2D eigenvalue weighted by Gasteiger charge is 2.03. The second kappa shape index (κ2) is 2.43. The van der Waals surface area contributed by atoms with Crippen LogP contribution in [0.25, 0.3) is 0 Å². The maximum Gasteiger partial charge on any atom is 0.287 e. The highest BCUT2D eigenvalue weighted by Crippen LogP contribution is 2.08. The molecule has 0 bridgehead atoms. The van der Waals surface area contributed by atoms with E-state index in [1.807, 2.05) is 0 Å². The quantitative estimate of drug-likeness (QED) is 0.430. The number of hydrogen-bond acceptors (Lipinski definition) is 3. The summed E-state index contributed by atoms with van der Waals surface area (Å²) in [6, 6.07) is 1.42. The third-order valence-electron chi connectivity index (χ3n) is 1.01. The molecule has 0 saturated heterocycles. The second-order valence-corrected chi connectivity index (χ2v) is 1.88. The van der Waals surface area contributed by atoms with Crippen LogP contribution in [0.5, 0.6) is 0 Å². The average molecular weight is 137 g/mol. The van der Waals surface area contributed by atoms with Crippen LogP contribution in [0.15, 0.2) is 12.3 Å². The Kier molecular flexibility index (Phi) is 1.62. The Morgan fingerprint density at radius 2 is 2.50 bits per heavy atom. The van der Waals surface area contributed by atoms with E-state index >= 15 is 0 Å². The number of nitro groups is 1. The Bertz CT molecular complexity index is 260. The van der Waals surface area contributed by atoms with Gasteiger partial charge in [-0.15, -0.1) is 0 Å². The normalized spacial score (nSPS) is 9.30. The summed E-state index contributed by atoms with van der Waals surface area (Å²) in [5, 5.41) is 10.1. The van der Waals surface area contributed by atoms with Crippen molar-refractivity contribution >= 4 is 5.69 Å². The fourth-order valence-corrected chi connectivity index (χ4v) is 0.591. The van der Waals surface area contributed by atoms with Gasteiger partial charge in [0.15, 0.2) is 0 Å². The van der Waals surface area contributed by atoms with Gasteiger partial charge >= 0.3 is 0 Å². The van der Waals surface area contributed by atoms with Gasteiger partial charge in [-0.3, -0.25) is 10.1 Å². The van der Waals surface area contributed by atoms with E-state index in [1.165, 1.54) is 12.3 Å². The Morgan fingerprint density at radius 1 is 1.80 bits per heavy atom. The van der Waals surface area contributed by atoms with Gasteiger partial charge in [0, 0.05) is 6.07 Å². The summed E-state index contributed by atoms with van der Waals surface area (Å²) in [4.78, 5) is 13.2. The SMILES string of the molecule is Cc1[c]ncc([N+](=O)[O-])c1. The summed E-state index contributed by atoms with van der Waals surface area (Å²) in [6.45, 7) is 1.71. The molecule has 1 aromatic rings. The summed E-state index contributed by atoms with van der Waals surface area (Å²) in [6.07, 6.45) is 3.75. The van der Waals surface area contributed by atoms with Crippen molar-refractivity contribution in [2.75, 3.05) is 0 Å². The standard InChI is InChI=1S/C6H5N2O2/c1-5-2-6(8(9)10)4-7-3-5/h2,4H,1H3. The van der Waals surface area contributed by atoms with E-state index in [0.29, 0.717) is 5.56 Å². The lowest BCUT2D eigenvalue weighted by Crippen LogP contribution is -1.89. The maximum atomic E-state index is 10.1. The van der Waals surface area contributed by atoms with E-state index in [9.17, 15) is 10.1 Å². The molecule has 0 amide bonds. The number of rotatable bonds is 1. The number of pyridine rings is 1. The number of hydrogen-bond donors (Lipinski definition) is 0. The zero-order chi connectivity index (χ0) is 7.56. The molecule has 0 N–H and O–H groups in total.